The minimum Gasteiger partial charge on any atom is -0.429 e. The maximum absolute atomic E-state index is 15.1. The third kappa shape index (κ3) is 4.77. The zero-order valence-corrected chi connectivity index (χ0v) is 21.1. The van der Waals surface area contributed by atoms with Crippen molar-refractivity contribution in [2.75, 3.05) is 0 Å². The Morgan fingerprint density at radius 2 is 1.34 bits per heavy atom. The summed E-state index contributed by atoms with van der Waals surface area (Å²) >= 11 is 0. The van der Waals surface area contributed by atoms with E-state index in [0.717, 1.165) is 55.2 Å². The molecule has 1 saturated carbocycles. The van der Waals surface area contributed by atoms with E-state index in [1.165, 1.54) is 12.1 Å². The van der Waals surface area contributed by atoms with Gasteiger partial charge in [0.05, 0.1) is 5.56 Å². The van der Waals surface area contributed by atoms with Gasteiger partial charge >= 0.3 is 6.11 Å². The van der Waals surface area contributed by atoms with Crippen LogP contribution in [0, 0.1) is 40.8 Å². The molecule has 2 aliphatic carbocycles. The van der Waals surface area contributed by atoms with Crippen LogP contribution in [-0.2, 0) is 11.5 Å². The monoisotopic (exact) mass is 572 g/mol. The van der Waals surface area contributed by atoms with Crippen LogP contribution in [0.5, 0.6) is 5.75 Å². The van der Waals surface area contributed by atoms with Gasteiger partial charge in [-0.3, -0.25) is 0 Å². The number of ether oxygens (including phenoxy) is 1. The number of halogens is 8. The summed E-state index contributed by atoms with van der Waals surface area (Å²) in [4.78, 5) is 0. The average molecular weight is 572 g/mol. The molecule has 4 aromatic rings. The topological polar surface area (TPSA) is 9.23 Å². The van der Waals surface area contributed by atoms with E-state index < -0.39 is 57.9 Å². The van der Waals surface area contributed by atoms with Crippen molar-refractivity contribution in [2.45, 2.75) is 30.8 Å². The highest BCUT2D eigenvalue weighted by Gasteiger charge is 2.42. The minimum absolute atomic E-state index is 0.0442. The molecule has 0 aromatic heterocycles. The van der Waals surface area contributed by atoms with Gasteiger partial charge < -0.3 is 4.74 Å². The fourth-order valence-electron chi connectivity index (χ4n) is 5.79. The van der Waals surface area contributed by atoms with Gasteiger partial charge in [-0.1, -0.05) is 30.4 Å². The Morgan fingerprint density at radius 1 is 0.683 bits per heavy atom. The predicted molar refractivity (Wildman–Crippen MR) is 136 cm³/mol. The van der Waals surface area contributed by atoms with Crippen LogP contribution in [0.25, 0.3) is 22.3 Å². The van der Waals surface area contributed by atoms with Gasteiger partial charge in [0.15, 0.2) is 17.5 Å². The minimum atomic E-state index is -4.26. The van der Waals surface area contributed by atoms with Crippen LogP contribution < -0.4 is 4.74 Å². The summed E-state index contributed by atoms with van der Waals surface area (Å²) in [5.74, 6) is -8.25. The fourth-order valence-corrected chi connectivity index (χ4v) is 5.79. The largest absolute Gasteiger partial charge is 0.429 e. The third-order valence-corrected chi connectivity index (χ3v) is 7.89. The van der Waals surface area contributed by atoms with Gasteiger partial charge in [-0.2, -0.15) is 8.78 Å². The molecule has 1 nitrogen and oxygen atoms in total. The highest BCUT2D eigenvalue weighted by atomic mass is 19.3. The molecule has 1 unspecified atom stereocenters. The Bertz CT molecular complexity index is 1690. The van der Waals surface area contributed by atoms with Crippen LogP contribution in [0.3, 0.4) is 0 Å². The van der Waals surface area contributed by atoms with Gasteiger partial charge in [0, 0.05) is 22.6 Å². The molecule has 0 aliphatic heterocycles. The van der Waals surface area contributed by atoms with E-state index >= 15 is 4.39 Å². The molecular formula is C32H20F8O. The van der Waals surface area contributed by atoms with Crippen LogP contribution >= 0.6 is 0 Å². The first-order chi connectivity index (χ1) is 19.5. The van der Waals surface area contributed by atoms with E-state index in [-0.39, 0.29) is 22.1 Å². The summed E-state index contributed by atoms with van der Waals surface area (Å²) in [6.07, 6.45) is 2.85. The summed E-state index contributed by atoms with van der Waals surface area (Å²) < 4.78 is 119. The van der Waals surface area contributed by atoms with Gasteiger partial charge in [0.25, 0.3) is 0 Å². The highest BCUT2D eigenvalue weighted by Crippen LogP contribution is 2.51. The lowest BCUT2D eigenvalue weighted by molar-refractivity contribution is -0.187. The van der Waals surface area contributed by atoms with Crippen molar-refractivity contribution >= 4 is 0 Å². The van der Waals surface area contributed by atoms with Gasteiger partial charge in [-0.25, -0.2) is 26.3 Å². The molecule has 210 valence electrons. The van der Waals surface area contributed by atoms with Crippen molar-refractivity contribution < 1.29 is 39.9 Å². The van der Waals surface area contributed by atoms with Crippen LogP contribution in [0.2, 0.25) is 0 Å². The Morgan fingerprint density at radius 3 is 1.93 bits per heavy atom. The summed E-state index contributed by atoms with van der Waals surface area (Å²) in [6.45, 7) is 0. The second-order valence-electron chi connectivity index (χ2n) is 10.4. The molecule has 0 radical (unpaired) electrons. The first-order valence-corrected chi connectivity index (χ1v) is 12.8. The quantitative estimate of drug-likeness (QED) is 0.127. The lowest BCUT2D eigenvalue weighted by Gasteiger charge is -2.24. The maximum Gasteiger partial charge on any atom is 0.429 e. The van der Waals surface area contributed by atoms with Crippen molar-refractivity contribution in [2.24, 2.45) is 5.92 Å². The molecule has 0 saturated heterocycles. The van der Waals surface area contributed by atoms with Crippen molar-refractivity contribution in [3.8, 4) is 28.0 Å². The van der Waals surface area contributed by atoms with E-state index in [1.54, 1.807) is 6.07 Å². The second kappa shape index (κ2) is 9.75. The van der Waals surface area contributed by atoms with Crippen molar-refractivity contribution in [3.63, 3.8) is 0 Å². The summed E-state index contributed by atoms with van der Waals surface area (Å²) in [5.41, 5.74) is -1.24. The number of benzene rings is 4. The number of alkyl halides is 2. The molecule has 1 fully saturated rings. The lowest BCUT2D eigenvalue weighted by atomic mass is 9.79. The number of rotatable bonds is 6. The Hall–Kier alpha value is -4.14. The fraction of sp³-hybridized carbons (Fsp3) is 0.188. The zero-order chi connectivity index (χ0) is 29.1. The van der Waals surface area contributed by atoms with Crippen molar-refractivity contribution in [1.82, 2.24) is 0 Å². The SMILES string of the molecule is Fc1cc(OC(F)(F)c2ccc(-c3ccc([C@@]45C=CC(CC4)C5)cc3F)cc2F)ccc1-c1cc(F)c(F)c(F)c1. The first kappa shape index (κ1) is 27.1. The molecular weight excluding hydrogens is 552 g/mol. The smallest absolute Gasteiger partial charge is 0.429 e. The lowest BCUT2D eigenvalue weighted by Crippen LogP contribution is -2.23. The van der Waals surface area contributed by atoms with Crippen LogP contribution in [0.15, 0.2) is 78.9 Å². The predicted octanol–water partition coefficient (Wildman–Crippen LogP) is 9.59. The Kier molecular flexibility index (Phi) is 6.43. The molecule has 2 aliphatic rings. The van der Waals surface area contributed by atoms with E-state index in [1.807, 2.05) is 0 Å². The van der Waals surface area contributed by atoms with Crippen molar-refractivity contribution in [3.05, 3.63) is 125 Å². The molecule has 41 heavy (non-hydrogen) atoms. The average Bonchev–Trinajstić information content (AvgIpc) is 3.54. The second-order valence-corrected chi connectivity index (χ2v) is 10.4. The van der Waals surface area contributed by atoms with Gasteiger partial charge in [-0.05, 0) is 84.3 Å². The number of fused-ring (bicyclic) bond motifs is 2. The molecule has 0 amide bonds. The molecule has 9 heteroatoms. The molecule has 0 N–H and O–H groups in total. The number of hydrogen-bond donors (Lipinski definition) is 0. The van der Waals surface area contributed by atoms with E-state index in [2.05, 4.69) is 16.9 Å². The molecule has 4 aromatic carbocycles. The standard InChI is InChI=1S/C32H20F8O/c33-25-14-20(31-9-7-17(16-31)8-10-31)2-4-22(25)18-1-6-24(27(35)11-18)32(39,40)41-21-3-5-23(26(34)15-21)19-12-28(36)30(38)29(37)13-19/h1-7,9,11-15,17H,8,10,16H2/t17?,31-/m0/s1. The Labute approximate surface area is 229 Å². The molecule has 2 atom stereocenters. The van der Waals surface area contributed by atoms with E-state index in [9.17, 15) is 30.7 Å². The van der Waals surface area contributed by atoms with Crippen molar-refractivity contribution in [1.29, 1.82) is 0 Å². The number of allylic oxidation sites excluding steroid dienone is 2. The Balaban J connectivity index is 1.23. The molecule has 2 bridgehead atoms. The highest BCUT2D eigenvalue weighted by molar-refractivity contribution is 5.66. The summed E-state index contributed by atoms with van der Waals surface area (Å²) in [7, 11) is 0. The summed E-state index contributed by atoms with van der Waals surface area (Å²) in [6, 6.07) is 10.8. The zero-order valence-electron chi connectivity index (χ0n) is 21.1. The van der Waals surface area contributed by atoms with Gasteiger partial charge in [-0.15, -0.1) is 0 Å². The molecule has 0 spiro atoms. The van der Waals surface area contributed by atoms with Crippen LogP contribution in [-0.4, -0.2) is 0 Å². The van der Waals surface area contributed by atoms with E-state index in [4.69, 9.17) is 0 Å². The normalized spacial score (nSPS) is 19.7. The van der Waals surface area contributed by atoms with Crippen LogP contribution in [0.1, 0.15) is 30.4 Å². The van der Waals surface area contributed by atoms with Gasteiger partial charge in [0.2, 0.25) is 0 Å². The van der Waals surface area contributed by atoms with E-state index in [0.29, 0.717) is 24.1 Å². The number of hydrogen-bond acceptors (Lipinski definition) is 1. The third-order valence-electron chi connectivity index (χ3n) is 7.89. The van der Waals surface area contributed by atoms with Crippen LogP contribution in [0.4, 0.5) is 35.1 Å². The van der Waals surface area contributed by atoms with Gasteiger partial charge in [0.1, 0.15) is 23.2 Å². The maximum atomic E-state index is 15.1. The molecule has 0 heterocycles. The first-order valence-electron chi connectivity index (χ1n) is 12.8. The molecule has 6 rings (SSSR count). The summed E-state index contributed by atoms with van der Waals surface area (Å²) in [5, 5.41) is 0.